The van der Waals surface area contributed by atoms with Crippen LogP contribution < -0.4 is 11.1 Å². The fourth-order valence-electron chi connectivity index (χ4n) is 4.18. The zero-order valence-corrected chi connectivity index (χ0v) is 17.0. The van der Waals surface area contributed by atoms with Crippen LogP contribution in [-0.4, -0.2) is 10.9 Å². The molecule has 1 amide bonds. The van der Waals surface area contributed by atoms with Crippen LogP contribution in [0.5, 0.6) is 0 Å². The normalized spacial score (nSPS) is 15.3. The van der Waals surface area contributed by atoms with Gasteiger partial charge in [-0.15, -0.1) is 0 Å². The van der Waals surface area contributed by atoms with Gasteiger partial charge in [-0.05, 0) is 60.7 Å². The van der Waals surface area contributed by atoms with E-state index in [1.807, 2.05) is 42.5 Å². The molecule has 0 aliphatic heterocycles. The van der Waals surface area contributed by atoms with E-state index in [0.717, 1.165) is 52.4 Å². The number of H-pyrrole nitrogens is 1. The second-order valence-corrected chi connectivity index (χ2v) is 8.54. The Bertz CT molecular complexity index is 1280. The Morgan fingerprint density at radius 3 is 2.50 bits per heavy atom. The van der Waals surface area contributed by atoms with E-state index >= 15 is 0 Å². The largest absolute Gasteiger partial charge is 0.354 e. The number of fused-ring (bicyclic) bond motifs is 3. The number of benzene rings is 3. The highest BCUT2D eigenvalue weighted by atomic mass is 35.5. The maximum atomic E-state index is 13.7. The topological polar surface area (TPSA) is 70.9 Å². The highest BCUT2D eigenvalue weighted by Crippen LogP contribution is 2.38. The van der Waals surface area contributed by atoms with Crippen molar-refractivity contribution >= 4 is 45.0 Å². The fourth-order valence-corrected chi connectivity index (χ4v) is 4.34. The van der Waals surface area contributed by atoms with Crippen molar-refractivity contribution in [2.75, 3.05) is 5.32 Å². The molecule has 1 heterocycles. The van der Waals surface area contributed by atoms with Crippen LogP contribution in [0, 0.1) is 5.82 Å². The standard InChI is InChI=1S/C24H21ClFN3O/c25-19-12-18-17-7-2-14(10-21(17)29-22(18)13-20(19)26)11-23(30)28-16-5-3-15(4-6-16)24(27)8-1-9-24/h2-7,10,12-13,29H,1,8-9,11,27H2,(H,28,30). The van der Waals surface area contributed by atoms with Gasteiger partial charge in [-0.2, -0.15) is 0 Å². The molecule has 5 rings (SSSR count). The maximum Gasteiger partial charge on any atom is 0.228 e. The van der Waals surface area contributed by atoms with Crippen molar-refractivity contribution in [3.05, 3.63) is 76.6 Å². The first-order valence-electron chi connectivity index (χ1n) is 10.00. The van der Waals surface area contributed by atoms with E-state index < -0.39 is 5.82 Å². The predicted molar refractivity (Wildman–Crippen MR) is 119 cm³/mol. The lowest BCUT2D eigenvalue weighted by molar-refractivity contribution is -0.115. The van der Waals surface area contributed by atoms with Crippen LogP contribution >= 0.6 is 11.6 Å². The third-order valence-corrected chi connectivity index (χ3v) is 6.35. The molecular weight excluding hydrogens is 401 g/mol. The Kier molecular flexibility index (Phi) is 4.53. The van der Waals surface area contributed by atoms with Gasteiger partial charge in [0.1, 0.15) is 5.82 Å². The number of hydrogen-bond donors (Lipinski definition) is 3. The summed E-state index contributed by atoms with van der Waals surface area (Å²) in [6.07, 6.45) is 3.42. The number of anilines is 1. The number of aromatic nitrogens is 1. The minimum absolute atomic E-state index is 0.0933. The Hall–Kier alpha value is -2.89. The maximum absolute atomic E-state index is 13.7. The van der Waals surface area contributed by atoms with Gasteiger partial charge in [-0.25, -0.2) is 4.39 Å². The van der Waals surface area contributed by atoms with Gasteiger partial charge in [-0.3, -0.25) is 4.79 Å². The SMILES string of the molecule is NC1(c2ccc(NC(=O)Cc3ccc4c(c3)[nH]c3cc(F)c(Cl)cc34)cc2)CCC1. The zero-order chi connectivity index (χ0) is 20.9. The molecule has 0 bridgehead atoms. The van der Waals surface area contributed by atoms with Crippen molar-refractivity contribution in [3.8, 4) is 0 Å². The number of aromatic amines is 1. The Morgan fingerprint density at radius 2 is 1.80 bits per heavy atom. The second kappa shape index (κ2) is 7.11. The van der Waals surface area contributed by atoms with Gasteiger partial charge in [0.15, 0.2) is 0 Å². The van der Waals surface area contributed by atoms with Gasteiger partial charge in [0.05, 0.1) is 11.4 Å². The Balaban J connectivity index is 1.32. The summed E-state index contributed by atoms with van der Waals surface area (Å²) in [7, 11) is 0. The molecule has 6 heteroatoms. The molecule has 1 saturated carbocycles. The number of nitrogens with one attached hydrogen (secondary N) is 2. The lowest BCUT2D eigenvalue weighted by Gasteiger charge is -2.38. The van der Waals surface area contributed by atoms with Crippen molar-refractivity contribution in [2.24, 2.45) is 5.73 Å². The van der Waals surface area contributed by atoms with Gasteiger partial charge >= 0.3 is 0 Å². The van der Waals surface area contributed by atoms with Gasteiger partial charge in [0.25, 0.3) is 0 Å². The van der Waals surface area contributed by atoms with Crippen LogP contribution in [0.4, 0.5) is 10.1 Å². The van der Waals surface area contributed by atoms with Crippen molar-refractivity contribution in [1.82, 2.24) is 4.98 Å². The number of nitrogens with two attached hydrogens (primary N) is 1. The van der Waals surface area contributed by atoms with E-state index in [9.17, 15) is 9.18 Å². The van der Waals surface area contributed by atoms with E-state index in [-0.39, 0.29) is 22.9 Å². The molecule has 0 radical (unpaired) electrons. The molecule has 0 spiro atoms. The average Bonchev–Trinajstić information content (AvgIpc) is 3.03. The first-order chi connectivity index (χ1) is 14.4. The number of hydrogen-bond acceptors (Lipinski definition) is 2. The van der Waals surface area contributed by atoms with Crippen LogP contribution in [0.15, 0.2) is 54.6 Å². The third-order valence-electron chi connectivity index (χ3n) is 6.06. The molecular formula is C24H21ClFN3O. The minimum Gasteiger partial charge on any atom is -0.354 e. The van der Waals surface area contributed by atoms with Gasteiger partial charge in [-0.1, -0.05) is 35.9 Å². The molecule has 0 unspecified atom stereocenters. The van der Waals surface area contributed by atoms with Crippen LogP contribution in [0.25, 0.3) is 21.8 Å². The first kappa shape index (κ1) is 19.1. The number of amides is 1. The molecule has 4 aromatic rings. The summed E-state index contributed by atoms with van der Waals surface area (Å²) in [5.41, 5.74) is 10.4. The molecule has 1 aliphatic carbocycles. The molecule has 0 saturated heterocycles. The molecule has 30 heavy (non-hydrogen) atoms. The molecule has 1 aliphatic rings. The van der Waals surface area contributed by atoms with Crippen molar-refractivity contribution in [1.29, 1.82) is 0 Å². The van der Waals surface area contributed by atoms with Gasteiger partial charge in [0.2, 0.25) is 5.91 Å². The van der Waals surface area contributed by atoms with Crippen molar-refractivity contribution in [3.63, 3.8) is 0 Å². The molecule has 152 valence electrons. The smallest absolute Gasteiger partial charge is 0.228 e. The van der Waals surface area contributed by atoms with E-state index in [4.69, 9.17) is 17.3 Å². The molecule has 4 nitrogen and oxygen atoms in total. The molecule has 4 N–H and O–H groups in total. The fraction of sp³-hybridized carbons (Fsp3) is 0.208. The van der Waals surface area contributed by atoms with Crippen LogP contribution in [0.2, 0.25) is 5.02 Å². The van der Waals surface area contributed by atoms with E-state index in [2.05, 4.69) is 10.3 Å². The summed E-state index contributed by atoms with van der Waals surface area (Å²) in [4.78, 5) is 15.7. The highest BCUT2D eigenvalue weighted by molar-refractivity contribution is 6.32. The van der Waals surface area contributed by atoms with Crippen molar-refractivity contribution < 1.29 is 9.18 Å². The minimum atomic E-state index is -0.459. The number of carbonyl (C=O) groups excluding carboxylic acids is 1. The Labute approximate surface area is 178 Å². The predicted octanol–water partition coefficient (Wildman–Crippen LogP) is 5.63. The van der Waals surface area contributed by atoms with E-state index in [1.165, 1.54) is 6.07 Å². The summed E-state index contributed by atoms with van der Waals surface area (Å²) in [6.45, 7) is 0. The first-order valence-corrected chi connectivity index (χ1v) is 10.4. The van der Waals surface area contributed by atoms with Crippen LogP contribution in [-0.2, 0) is 16.8 Å². The lowest BCUT2D eigenvalue weighted by Crippen LogP contribution is -2.43. The second-order valence-electron chi connectivity index (χ2n) is 8.13. The molecule has 1 fully saturated rings. The number of halogens is 2. The zero-order valence-electron chi connectivity index (χ0n) is 16.3. The summed E-state index contributed by atoms with van der Waals surface area (Å²) in [6, 6.07) is 16.6. The quantitative estimate of drug-likeness (QED) is 0.399. The molecule has 1 aromatic heterocycles. The average molecular weight is 422 g/mol. The summed E-state index contributed by atoms with van der Waals surface area (Å²) >= 11 is 5.92. The summed E-state index contributed by atoms with van der Waals surface area (Å²) < 4.78 is 13.7. The summed E-state index contributed by atoms with van der Waals surface area (Å²) in [5.74, 6) is -0.558. The summed E-state index contributed by atoms with van der Waals surface area (Å²) in [5, 5.41) is 4.83. The van der Waals surface area contributed by atoms with Crippen LogP contribution in [0.3, 0.4) is 0 Å². The Morgan fingerprint density at radius 1 is 1.07 bits per heavy atom. The molecule has 3 aromatic carbocycles. The number of carbonyl (C=O) groups is 1. The van der Waals surface area contributed by atoms with Crippen LogP contribution in [0.1, 0.15) is 30.4 Å². The van der Waals surface area contributed by atoms with E-state index in [0.29, 0.717) is 5.52 Å². The monoisotopic (exact) mass is 421 g/mol. The van der Waals surface area contributed by atoms with Gasteiger partial charge < -0.3 is 16.0 Å². The third kappa shape index (κ3) is 3.34. The molecule has 0 atom stereocenters. The van der Waals surface area contributed by atoms with Crippen molar-refractivity contribution in [2.45, 2.75) is 31.2 Å². The highest BCUT2D eigenvalue weighted by Gasteiger charge is 2.34. The lowest BCUT2D eigenvalue weighted by atomic mass is 9.73. The van der Waals surface area contributed by atoms with Gasteiger partial charge in [0, 0.05) is 33.0 Å². The van der Waals surface area contributed by atoms with E-state index in [1.54, 1.807) is 6.07 Å². The number of rotatable bonds is 4.